The minimum Gasteiger partial charge on any atom is -0.324 e. The molecule has 0 saturated carbocycles. The van der Waals surface area contributed by atoms with E-state index in [1.807, 2.05) is 0 Å². The SMILES string of the molecule is CCN1CCC(C(N)c2ccccc2)CC1. The van der Waals surface area contributed by atoms with Crippen LogP contribution in [0.4, 0.5) is 0 Å². The molecule has 2 heteroatoms. The summed E-state index contributed by atoms with van der Waals surface area (Å²) in [5.74, 6) is 0.658. The number of nitrogens with zero attached hydrogens (tertiary/aromatic N) is 1. The topological polar surface area (TPSA) is 29.3 Å². The third-order valence-corrected chi connectivity index (χ3v) is 3.77. The average molecular weight is 218 g/mol. The Morgan fingerprint density at radius 3 is 2.44 bits per heavy atom. The van der Waals surface area contributed by atoms with Gasteiger partial charge in [0.1, 0.15) is 0 Å². The summed E-state index contributed by atoms with van der Waals surface area (Å²) in [7, 11) is 0. The molecule has 16 heavy (non-hydrogen) atoms. The number of benzene rings is 1. The van der Waals surface area contributed by atoms with Crippen LogP contribution in [0.1, 0.15) is 31.4 Å². The molecule has 1 heterocycles. The second-order valence-corrected chi connectivity index (χ2v) is 4.71. The maximum atomic E-state index is 6.34. The Morgan fingerprint density at radius 2 is 1.88 bits per heavy atom. The Balaban J connectivity index is 1.94. The van der Waals surface area contributed by atoms with Crippen molar-refractivity contribution in [2.24, 2.45) is 11.7 Å². The minimum atomic E-state index is 0.222. The van der Waals surface area contributed by atoms with Crippen LogP contribution in [0.15, 0.2) is 30.3 Å². The lowest BCUT2D eigenvalue weighted by Crippen LogP contribution is -2.37. The summed E-state index contributed by atoms with van der Waals surface area (Å²) in [6.45, 7) is 5.83. The Morgan fingerprint density at radius 1 is 1.25 bits per heavy atom. The Hall–Kier alpha value is -0.860. The maximum absolute atomic E-state index is 6.34. The van der Waals surface area contributed by atoms with Crippen molar-refractivity contribution in [3.63, 3.8) is 0 Å². The molecule has 0 aromatic heterocycles. The zero-order chi connectivity index (χ0) is 11.4. The van der Waals surface area contributed by atoms with Crippen LogP contribution in [-0.2, 0) is 0 Å². The summed E-state index contributed by atoms with van der Waals surface area (Å²) in [6, 6.07) is 10.7. The van der Waals surface area contributed by atoms with Crippen molar-refractivity contribution < 1.29 is 0 Å². The van der Waals surface area contributed by atoms with E-state index >= 15 is 0 Å². The molecule has 2 N–H and O–H groups in total. The fourth-order valence-electron chi connectivity index (χ4n) is 2.58. The van der Waals surface area contributed by atoms with Crippen LogP contribution in [0.25, 0.3) is 0 Å². The van der Waals surface area contributed by atoms with Gasteiger partial charge in [0.2, 0.25) is 0 Å². The minimum absolute atomic E-state index is 0.222. The molecule has 1 fully saturated rings. The number of nitrogens with two attached hydrogens (primary N) is 1. The van der Waals surface area contributed by atoms with E-state index in [2.05, 4.69) is 42.2 Å². The molecule has 1 atom stereocenters. The van der Waals surface area contributed by atoms with E-state index in [0.29, 0.717) is 5.92 Å². The van der Waals surface area contributed by atoms with Gasteiger partial charge >= 0.3 is 0 Å². The van der Waals surface area contributed by atoms with Crippen LogP contribution < -0.4 is 5.73 Å². The van der Waals surface area contributed by atoms with Gasteiger partial charge in [0.05, 0.1) is 0 Å². The monoisotopic (exact) mass is 218 g/mol. The Labute approximate surface area is 98.4 Å². The fraction of sp³-hybridized carbons (Fsp3) is 0.571. The predicted molar refractivity (Wildman–Crippen MR) is 68.2 cm³/mol. The van der Waals surface area contributed by atoms with Gasteiger partial charge in [-0.3, -0.25) is 0 Å². The molecule has 1 aromatic carbocycles. The zero-order valence-electron chi connectivity index (χ0n) is 10.1. The van der Waals surface area contributed by atoms with Gasteiger partial charge in [0, 0.05) is 6.04 Å². The van der Waals surface area contributed by atoms with Crippen molar-refractivity contribution in [3.8, 4) is 0 Å². The molecule has 1 unspecified atom stereocenters. The molecular weight excluding hydrogens is 196 g/mol. The summed E-state index contributed by atoms with van der Waals surface area (Å²) >= 11 is 0. The van der Waals surface area contributed by atoms with Gasteiger partial charge < -0.3 is 10.6 Å². The number of likely N-dealkylation sites (tertiary alicyclic amines) is 1. The van der Waals surface area contributed by atoms with Crippen molar-refractivity contribution >= 4 is 0 Å². The molecule has 1 saturated heterocycles. The van der Waals surface area contributed by atoms with Gasteiger partial charge in [-0.05, 0) is 44.0 Å². The largest absolute Gasteiger partial charge is 0.324 e. The van der Waals surface area contributed by atoms with E-state index in [0.717, 1.165) is 0 Å². The summed E-state index contributed by atoms with van der Waals surface area (Å²) in [6.07, 6.45) is 2.48. The summed E-state index contributed by atoms with van der Waals surface area (Å²) in [5, 5.41) is 0. The molecule has 1 aliphatic rings. The van der Waals surface area contributed by atoms with Crippen molar-refractivity contribution in [3.05, 3.63) is 35.9 Å². The first-order valence-electron chi connectivity index (χ1n) is 6.34. The zero-order valence-corrected chi connectivity index (χ0v) is 10.1. The summed E-state index contributed by atoms with van der Waals surface area (Å²) in [4.78, 5) is 2.51. The first-order chi connectivity index (χ1) is 7.81. The lowest BCUT2D eigenvalue weighted by Gasteiger charge is -2.34. The molecule has 0 amide bonds. The first kappa shape index (κ1) is 11.6. The van der Waals surface area contributed by atoms with E-state index in [1.54, 1.807) is 0 Å². The van der Waals surface area contributed by atoms with Crippen molar-refractivity contribution in [1.82, 2.24) is 4.90 Å². The van der Waals surface area contributed by atoms with Gasteiger partial charge in [-0.25, -0.2) is 0 Å². The molecule has 0 spiro atoms. The van der Waals surface area contributed by atoms with E-state index < -0.39 is 0 Å². The normalized spacial score (nSPS) is 20.9. The standard InChI is InChI=1S/C14H22N2/c1-2-16-10-8-13(9-11-16)14(15)12-6-4-3-5-7-12/h3-7,13-14H,2,8-11,15H2,1H3. The lowest BCUT2D eigenvalue weighted by molar-refractivity contribution is 0.176. The molecule has 0 radical (unpaired) electrons. The second-order valence-electron chi connectivity index (χ2n) is 4.71. The van der Waals surface area contributed by atoms with Crippen molar-refractivity contribution in [2.75, 3.05) is 19.6 Å². The summed E-state index contributed by atoms with van der Waals surface area (Å²) in [5.41, 5.74) is 7.63. The smallest absolute Gasteiger partial charge is 0.0324 e. The highest BCUT2D eigenvalue weighted by atomic mass is 15.1. The first-order valence-corrected chi connectivity index (χ1v) is 6.34. The van der Waals surface area contributed by atoms with E-state index in [9.17, 15) is 0 Å². The molecular formula is C14H22N2. The molecule has 88 valence electrons. The number of hydrogen-bond acceptors (Lipinski definition) is 2. The second kappa shape index (κ2) is 5.46. The average Bonchev–Trinajstić information content (AvgIpc) is 2.39. The molecule has 0 aliphatic carbocycles. The highest BCUT2D eigenvalue weighted by molar-refractivity contribution is 5.19. The van der Waals surface area contributed by atoms with Gasteiger partial charge in [-0.2, -0.15) is 0 Å². The van der Waals surface area contributed by atoms with Gasteiger partial charge in [-0.1, -0.05) is 37.3 Å². The van der Waals surface area contributed by atoms with Crippen LogP contribution in [0, 0.1) is 5.92 Å². The van der Waals surface area contributed by atoms with Gasteiger partial charge in [-0.15, -0.1) is 0 Å². The van der Waals surface area contributed by atoms with Crippen LogP contribution in [0.5, 0.6) is 0 Å². The Bertz CT molecular complexity index is 302. The molecule has 2 rings (SSSR count). The highest BCUT2D eigenvalue weighted by Crippen LogP contribution is 2.28. The van der Waals surface area contributed by atoms with E-state index in [-0.39, 0.29) is 6.04 Å². The van der Waals surface area contributed by atoms with Crippen molar-refractivity contribution in [2.45, 2.75) is 25.8 Å². The number of hydrogen-bond donors (Lipinski definition) is 1. The van der Waals surface area contributed by atoms with Crippen LogP contribution >= 0.6 is 0 Å². The lowest BCUT2D eigenvalue weighted by atomic mass is 9.86. The highest BCUT2D eigenvalue weighted by Gasteiger charge is 2.24. The van der Waals surface area contributed by atoms with Gasteiger partial charge in [0.25, 0.3) is 0 Å². The van der Waals surface area contributed by atoms with Crippen molar-refractivity contribution in [1.29, 1.82) is 0 Å². The number of piperidine rings is 1. The van der Waals surface area contributed by atoms with Crippen LogP contribution in [-0.4, -0.2) is 24.5 Å². The maximum Gasteiger partial charge on any atom is 0.0324 e. The molecule has 1 aromatic rings. The third kappa shape index (κ3) is 2.63. The van der Waals surface area contributed by atoms with Crippen LogP contribution in [0.2, 0.25) is 0 Å². The Kier molecular flexibility index (Phi) is 3.97. The molecule has 2 nitrogen and oxygen atoms in total. The predicted octanol–water partition coefficient (Wildman–Crippen LogP) is 2.42. The van der Waals surface area contributed by atoms with E-state index in [1.165, 1.54) is 38.0 Å². The number of rotatable bonds is 3. The summed E-state index contributed by atoms with van der Waals surface area (Å²) < 4.78 is 0. The van der Waals surface area contributed by atoms with E-state index in [4.69, 9.17) is 5.73 Å². The quantitative estimate of drug-likeness (QED) is 0.844. The molecule has 1 aliphatic heterocycles. The fourth-order valence-corrected chi connectivity index (χ4v) is 2.58. The van der Waals surface area contributed by atoms with Crippen LogP contribution in [0.3, 0.4) is 0 Å². The molecule has 0 bridgehead atoms. The van der Waals surface area contributed by atoms with Gasteiger partial charge in [0.15, 0.2) is 0 Å². The third-order valence-electron chi connectivity index (χ3n) is 3.77.